The van der Waals surface area contributed by atoms with Gasteiger partial charge in [0.1, 0.15) is 12.4 Å². The van der Waals surface area contributed by atoms with Gasteiger partial charge in [0.2, 0.25) is 5.91 Å². The molecule has 2 aliphatic carbocycles. The van der Waals surface area contributed by atoms with Gasteiger partial charge in [0, 0.05) is 23.4 Å². The van der Waals surface area contributed by atoms with E-state index in [1.54, 1.807) is 12.1 Å². The topological polar surface area (TPSA) is 64.9 Å². The van der Waals surface area contributed by atoms with E-state index < -0.39 is 11.9 Å². The van der Waals surface area contributed by atoms with Gasteiger partial charge in [-0.25, -0.2) is 4.39 Å². The highest BCUT2D eigenvalue weighted by Crippen LogP contribution is 2.52. The summed E-state index contributed by atoms with van der Waals surface area (Å²) in [5.74, 6) is -1.91. The van der Waals surface area contributed by atoms with Crippen LogP contribution in [-0.2, 0) is 16.1 Å². The summed E-state index contributed by atoms with van der Waals surface area (Å²) in [4.78, 5) is 27.7. The van der Waals surface area contributed by atoms with Gasteiger partial charge in [-0.3, -0.25) is 4.79 Å². The maximum absolute atomic E-state index is 13.3. The van der Waals surface area contributed by atoms with Gasteiger partial charge in [0.15, 0.2) is 0 Å². The molecule has 1 amide bonds. The van der Waals surface area contributed by atoms with E-state index >= 15 is 0 Å². The Bertz CT molecular complexity index is 702. The number of carboxylic acid groups (broad SMARTS) is 1. The summed E-state index contributed by atoms with van der Waals surface area (Å²) in [5.41, 5.74) is 0.963. The molecule has 2 bridgehead atoms. The minimum absolute atomic E-state index is 0.0104. The molecule has 140 valence electrons. The number of halogens is 1. The predicted molar refractivity (Wildman–Crippen MR) is 90.2 cm³/mol. The van der Waals surface area contributed by atoms with Gasteiger partial charge >= 0.3 is 0 Å². The molecule has 3 aliphatic rings. The third kappa shape index (κ3) is 3.22. The average Bonchev–Trinajstić information content (AvgIpc) is 3.23. The number of hydrogen-bond donors (Lipinski definition) is 1. The van der Waals surface area contributed by atoms with Gasteiger partial charge in [-0.15, -0.1) is 0 Å². The van der Waals surface area contributed by atoms with Crippen molar-refractivity contribution >= 4 is 11.9 Å². The van der Waals surface area contributed by atoms with Crippen LogP contribution in [0.1, 0.15) is 24.8 Å². The van der Waals surface area contributed by atoms with Crippen molar-refractivity contribution in [2.24, 2.45) is 23.7 Å². The first-order chi connectivity index (χ1) is 12.5. The van der Waals surface area contributed by atoms with E-state index in [2.05, 4.69) is 0 Å². The van der Waals surface area contributed by atoms with Gasteiger partial charge in [0.05, 0.1) is 26.2 Å². The number of aliphatic carboxylic acids is 1. The van der Waals surface area contributed by atoms with Crippen molar-refractivity contribution in [1.29, 1.82) is 0 Å². The number of quaternary nitrogens is 1. The number of fused-ring (bicyclic) bond motifs is 2. The number of piperazine rings is 1. The minimum atomic E-state index is -1.05. The third-order valence-corrected chi connectivity index (χ3v) is 6.60. The largest absolute Gasteiger partial charge is 0.550 e. The molecule has 1 heterocycles. The minimum Gasteiger partial charge on any atom is -0.550 e. The molecule has 4 rings (SSSR count). The van der Waals surface area contributed by atoms with Crippen molar-refractivity contribution in [3.05, 3.63) is 35.6 Å². The smallest absolute Gasteiger partial charge is 0.227 e. The summed E-state index contributed by atoms with van der Waals surface area (Å²) in [6.45, 7) is 3.63. The summed E-state index contributed by atoms with van der Waals surface area (Å²) in [6, 6.07) is 6.65. The van der Waals surface area contributed by atoms with Crippen molar-refractivity contribution in [2.45, 2.75) is 25.8 Å². The van der Waals surface area contributed by atoms with Crippen LogP contribution >= 0.6 is 0 Å². The normalized spacial score (nSPS) is 31.3. The van der Waals surface area contributed by atoms with Crippen molar-refractivity contribution in [1.82, 2.24) is 4.90 Å². The van der Waals surface area contributed by atoms with Crippen LogP contribution in [0.3, 0.4) is 0 Å². The highest BCUT2D eigenvalue weighted by molar-refractivity contribution is 5.85. The molecule has 1 aliphatic heterocycles. The molecule has 2 saturated carbocycles. The Hall–Kier alpha value is -1.95. The summed E-state index contributed by atoms with van der Waals surface area (Å²) < 4.78 is 13.3. The Labute approximate surface area is 152 Å². The molecule has 6 heteroatoms. The Morgan fingerprint density at radius 2 is 1.85 bits per heavy atom. The number of rotatable bonds is 4. The Morgan fingerprint density at radius 1 is 1.15 bits per heavy atom. The molecule has 26 heavy (non-hydrogen) atoms. The molecule has 4 atom stereocenters. The molecule has 0 unspecified atom stereocenters. The highest BCUT2D eigenvalue weighted by Gasteiger charge is 2.52. The first-order valence-corrected chi connectivity index (χ1v) is 9.60. The van der Waals surface area contributed by atoms with Gasteiger partial charge in [-0.2, -0.15) is 0 Å². The van der Waals surface area contributed by atoms with E-state index in [0.29, 0.717) is 13.1 Å². The second-order valence-corrected chi connectivity index (χ2v) is 8.09. The highest BCUT2D eigenvalue weighted by atomic mass is 19.1. The standard InChI is InChI=1S/C20H25FN2O3/c21-16-3-1-2-13(10-16)12-22-6-8-23(9-7-22)19(24)17-14-4-5-15(11-14)18(17)20(25)26/h1-3,10,14-15,17-18H,4-9,11-12H2,(H,25,26)/t14-,15+,17+,18+/m1/s1. The second kappa shape index (κ2) is 6.99. The molecule has 1 aromatic carbocycles. The van der Waals surface area contributed by atoms with E-state index in [-0.39, 0.29) is 29.5 Å². The van der Waals surface area contributed by atoms with E-state index in [1.807, 2.05) is 11.0 Å². The molecule has 0 spiro atoms. The summed E-state index contributed by atoms with van der Waals surface area (Å²) in [5, 5.41) is 11.6. The van der Waals surface area contributed by atoms with Crippen molar-refractivity contribution < 1.29 is 24.0 Å². The van der Waals surface area contributed by atoms with Crippen LogP contribution < -0.4 is 10.0 Å². The number of carbonyl (C=O) groups is 2. The lowest BCUT2D eigenvalue weighted by Gasteiger charge is -2.38. The summed E-state index contributed by atoms with van der Waals surface area (Å²) >= 11 is 0. The van der Waals surface area contributed by atoms with Crippen molar-refractivity contribution in [2.75, 3.05) is 26.2 Å². The quantitative estimate of drug-likeness (QED) is 0.785. The van der Waals surface area contributed by atoms with Crippen LogP contribution in [0.2, 0.25) is 0 Å². The van der Waals surface area contributed by atoms with Crippen LogP contribution in [-0.4, -0.2) is 43.0 Å². The van der Waals surface area contributed by atoms with Gasteiger partial charge in [-0.05, 0) is 43.2 Å². The molecular formula is C20H25FN2O3. The van der Waals surface area contributed by atoms with E-state index in [0.717, 1.165) is 44.5 Å². The zero-order chi connectivity index (χ0) is 18.3. The number of carbonyl (C=O) groups excluding carboxylic acids is 2. The maximum Gasteiger partial charge on any atom is 0.227 e. The van der Waals surface area contributed by atoms with Crippen molar-refractivity contribution in [3.8, 4) is 0 Å². The number of nitrogens with zero attached hydrogens (tertiary/aromatic N) is 1. The third-order valence-electron chi connectivity index (χ3n) is 6.60. The molecule has 0 aromatic heterocycles. The first-order valence-electron chi connectivity index (χ1n) is 9.60. The zero-order valence-corrected chi connectivity index (χ0v) is 14.8. The lowest BCUT2D eigenvalue weighted by atomic mass is 9.78. The fraction of sp³-hybridized carbons (Fsp3) is 0.600. The number of carboxylic acids is 1. The Kier molecular flexibility index (Phi) is 4.69. The van der Waals surface area contributed by atoms with Crippen LogP contribution in [0.25, 0.3) is 0 Å². The van der Waals surface area contributed by atoms with Crippen LogP contribution in [0, 0.1) is 29.5 Å². The fourth-order valence-electron chi connectivity index (χ4n) is 5.35. The Balaban J connectivity index is 1.36. The first kappa shape index (κ1) is 17.5. The molecular weight excluding hydrogens is 335 g/mol. The second-order valence-electron chi connectivity index (χ2n) is 8.09. The molecule has 0 radical (unpaired) electrons. The number of nitrogens with one attached hydrogen (secondary N) is 1. The molecule has 1 saturated heterocycles. The molecule has 1 N–H and O–H groups in total. The number of amides is 1. The SMILES string of the molecule is O=C([O-])[C@H]1[C@H]2CC[C@H](C2)[C@@H]1C(=O)N1CC[NH+](Cc2cccc(F)c2)CC1. The van der Waals surface area contributed by atoms with Gasteiger partial charge in [0.25, 0.3) is 0 Å². The fourth-order valence-corrected chi connectivity index (χ4v) is 5.35. The molecule has 3 fully saturated rings. The lowest BCUT2D eigenvalue weighted by Crippen LogP contribution is -3.13. The maximum atomic E-state index is 13.3. The van der Waals surface area contributed by atoms with Crippen molar-refractivity contribution in [3.63, 3.8) is 0 Å². The zero-order valence-electron chi connectivity index (χ0n) is 14.8. The van der Waals surface area contributed by atoms with Gasteiger partial charge in [-0.1, -0.05) is 12.1 Å². The number of hydrogen-bond acceptors (Lipinski definition) is 3. The van der Waals surface area contributed by atoms with Crippen LogP contribution in [0.5, 0.6) is 0 Å². The van der Waals surface area contributed by atoms with E-state index in [9.17, 15) is 19.1 Å². The predicted octanol–water partition coefficient (Wildman–Crippen LogP) is -0.535. The monoisotopic (exact) mass is 360 g/mol. The van der Waals surface area contributed by atoms with E-state index in [1.165, 1.54) is 11.0 Å². The van der Waals surface area contributed by atoms with E-state index in [4.69, 9.17) is 0 Å². The summed E-state index contributed by atoms with van der Waals surface area (Å²) in [6.07, 6.45) is 2.74. The average molecular weight is 360 g/mol. The Morgan fingerprint density at radius 3 is 2.50 bits per heavy atom. The molecule has 1 aromatic rings. The lowest BCUT2D eigenvalue weighted by molar-refractivity contribution is -0.917. The summed E-state index contributed by atoms with van der Waals surface area (Å²) in [7, 11) is 0. The van der Waals surface area contributed by atoms with Gasteiger partial charge < -0.3 is 19.7 Å². The molecule has 5 nitrogen and oxygen atoms in total. The van der Waals surface area contributed by atoms with Crippen LogP contribution in [0.15, 0.2) is 24.3 Å². The van der Waals surface area contributed by atoms with Crippen LogP contribution in [0.4, 0.5) is 4.39 Å². The number of benzene rings is 1.